The van der Waals surface area contributed by atoms with E-state index in [-0.39, 0.29) is 5.91 Å². The highest BCUT2D eigenvalue weighted by Gasteiger charge is 2.09. The number of ether oxygens (including phenoxy) is 1. The second-order valence-corrected chi connectivity index (χ2v) is 6.30. The summed E-state index contributed by atoms with van der Waals surface area (Å²) in [7, 11) is 1.62. The zero-order chi connectivity index (χ0) is 19.1. The van der Waals surface area contributed by atoms with Gasteiger partial charge in [-0.05, 0) is 24.6 Å². The number of nitrogens with one attached hydrogen (secondary N) is 2. The summed E-state index contributed by atoms with van der Waals surface area (Å²) in [6, 6.07) is 17.7. The van der Waals surface area contributed by atoms with Gasteiger partial charge in [0.2, 0.25) is 0 Å². The minimum Gasteiger partial charge on any atom is -0.496 e. The number of anilines is 1. The maximum absolute atomic E-state index is 12.5. The number of para-hydroxylation sites is 1. The molecule has 0 saturated carbocycles. The van der Waals surface area contributed by atoms with E-state index in [0.717, 1.165) is 17.0 Å². The molecule has 2 aromatic carbocycles. The van der Waals surface area contributed by atoms with E-state index in [1.165, 1.54) is 11.1 Å². The van der Waals surface area contributed by atoms with Crippen molar-refractivity contribution in [3.05, 3.63) is 89.2 Å². The number of methoxy groups -OCH3 is 1. The summed E-state index contributed by atoms with van der Waals surface area (Å²) < 4.78 is 5.31. The largest absolute Gasteiger partial charge is 0.496 e. The molecule has 0 fully saturated rings. The number of nitrogens with zero attached hydrogens (tertiary/aromatic N) is 1. The minimum absolute atomic E-state index is 0.174. The Bertz CT molecular complexity index is 925. The molecule has 0 aliphatic rings. The standard InChI is InChI=1S/C22H23N3O2/c1-16-6-5-7-17(10-16)12-24-20-11-19(13-23-15-20)22(26)25-14-18-8-3-4-9-21(18)27-2/h3-11,13,15,24H,12,14H2,1-2H3,(H,25,26). The van der Waals surface area contributed by atoms with Crippen molar-refractivity contribution >= 4 is 11.6 Å². The first-order valence-electron chi connectivity index (χ1n) is 8.80. The van der Waals surface area contributed by atoms with Crippen LogP contribution in [-0.2, 0) is 13.1 Å². The van der Waals surface area contributed by atoms with E-state index in [2.05, 4.69) is 40.7 Å². The van der Waals surface area contributed by atoms with Crippen LogP contribution in [0.1, 0.15) is 27.0 Å². The van der Waals surface area contributed by atoms with Crippen molar-refractivity contribution in [1.82, 2.24) is 10.3 Å². The quantitative estimate of drug-likeness (QED) is 0.669. The van der Waals surface area contributed by atoms with Crippen molar-refractivity contribution in [3.8, 4) is 5.75 Å². The third-order valence-corrected chi connectivity index (χ3v) is 4.21. The summed E-state index contributed by atoms with van der Waals surface area (Å²) in [5, 5.41) is 6.22. The molecule has 0 radical (unpaired) electrons. The van der Waals surface area contributed by atoms with E-state index in [1.807, 2.05) is 30.3 Å². The van der Waals surface area contributed by atoms with Gasteiger partial charge in [-0.15, -0.1) is 0 Å². The first kappa shape index (κ1) is 18.5. The van der Waals surface area contributed by atoms with Gasteiger partial charge in [0.05, 0.1) is 18.4 Å². The molecule has 3 rings (SSSR count). The lowest BCUT2D eigenvalue weighted by Gasteiger charge is -2.11. The van der Waals surface area contributed by atoms with E-state index in [4.69, 9.17) is 4.74 Å². The van der Waals surface area contributed by atoms with Crippen molar-refractivity contribution in [1.29, 1.82) is 0 Å². The molecule has 0 aliphatic heterocycles. The molecule has 0 spiro atoms. The zero-order valence-electron chi connectivity index (χ0n) is 15.5. The summed E-state index contributed by atoms with van der Waals surface area (Å²) in [5.74, 6) is 0.581. The maximum Gasteiger partial charge on any atom is 0.253 e. The number of carbonyl (C=O) groups is 1. The van der Waals surface area contributed by atoms with E-state index in [1.54, 1.807) is 25.6 Å². The summed E-state index contributed by atoms with van der Waals surface area (Å²) in [4.78, 5) is 16.6. The third kappa shape index (κ3) is 5.07. The predicted octanol–water partition coefficient (Wildman–Crippen LogP) is 3.94. The Morgan fingerprint density at radius 2 is 1.89 bits per heavy atom. The third-order valence-electron chi connectivity index (χ3n) is 4.21. The smallest absolute Gasteiger partial charge is 0.253 e. The molecule has 5 heteroatoms. The molecule has 0 saturated heterocycles. The van der Waals surface area contributed by atoms with Crippen LogP contribution in [0, 0.1) is 6.92 Å². The molecule has 0 unspecified atom stereocenters. The molecular weight excluding hydrogens is 338 g/mol. The van der Waals surface area contributed by atoms with Crippen molar-refractivity contribution in [2.45, 2.75) is 20.0 Å². The number of pyridine rings is 1. The van der Waals surface area contributed by atoms with Crippen molar-refractivity contribution in [3.63, 3.8) is 0 Å². The number of hydrogen-bond donors (Lipinski definition) is 2. The monoisotopic (exact) mass is 361 g/mol. The lowest BCUT2D eigenvalue weighted by molar-refractivity contribution is 0.0950. The molecule has 5 nitrogen and oxygen atoms in total. The normalized spacial score (nSPS) is 10.3. The molecular formula is C22H23N3O2. The first-order chi connectivity index (χ1) is 13.2. The van der Waals surface area contributed by atoms with Crippen molar-refractivity contribution in [2.75, 3.05) is 12.4 Å². The molecule has 1 amide bonds. The Labute approximate surface area is 159 Å². The molecule has 3 aromatic rings. The van der Waals surface area contributed by atoms with Gasteiger partial charge in [0.1, 0.15) is 5.75 Å². The fourth-order valence-corrected chi connectivity index (χ4v) is 2.81. The Morgan fingerprint density at radius 1 is 1.04 bits per heavy atom. The maximum atomic E-state index is 12.5. The van der Waals surface area contributed by atoms with Crippen LogP contribution in [-0.4, -0.2) is 18.0 Å². The topological polar surface area (TPSA) is 63.2 Å². The average molecular weight is 361 g/mol. The molecule has 0 atom stereocenters. The molecule has 138 valence electrons. The van der Waals surface area contributed by atoms with Gasteiger partial charge in [-0.2, -0.15) is 0 Å². The highest BCUT2D eigenvalue weighted by Crippen LogP contribution is 2.17. The Hall–Kier alpha value is -3.34. The molecule has 1 aromatic heterocycles. The van der Waals surface area contributed by atoms with Gasteiger partial charge in [-0.25, -0.2) is 0 Å². The minimum atomic E-state index is -0.174. The van der Waals surface area contributed by atoms with E-state index >= 15 is 0 Å². The molecule has 2 N–H and O–H groups in total. The van der Waals surface area contributed by atoms with Gasteiger partial charge in [0.15, 0.2) is 0 Å². The SMILES string of the molecule is COc1ccccc1CNC(=O)c1cncc(NCc2cccc(C)c2)c1. The van der Waals surface area contributed by atoms with Gasteiger partial charge in [-0.1, -0.05) is 48.0 Å². The zero-order valence-corrected chi connectivity index (χ0v) is 15.5. The second kappa shape index (κ2) is 8.85. The van der Waals surface area contributed by atoms with Crippen LogP contribution in [0.3, 0.4) is 0 Å². The highest BCUT2D eigenvalue weighted by atomic mass is 16.5. The van der Waals surface area contributed by atoms with Crippen molar-refractivity contribution in [2.24, 2.45) is 0 Å². The Kier molecular flexibility index (Phi) is 6.05. The molecule has 0 bridgehead atoms. The summed E-state index contributed by atoms with van der Waals surface area (Å²) in [6.07, 6.45) is 3.28. The van der Waals surface area contributed by atoms with Gasteiger partial charge in [-0.3, -0.25) is 9.78 Å². The van der Waals surface area contributed by atoms with Crippen LogP contribution >= 0.6 is 0 Å². The number of aryl methyl sites for hydroxylation is 1. The van der Waals surface area contributed by atoms with Crippen LogP contribution < -0.4 is 15.4 Å². The number of rotatable bonds is 7. The van der Waals surface area contributed by atoms with Crippen LogP contribution in [0.25, 0.3) is 0 Å². The fraction of sp³-hybridized carbons (Fsp3) is 0.182. The average Bonchev–Trinajstić information content (AvgIpc) is 2.71. The number of aromatic nitrogens is 1. The van der Waals surface area contributed by atoms with Gasteiger partial charge in [0.25, 0.3) is 5.91 Å². The van der Waals surface area contributed by atoms with E-state index in [9.17, 15) is 4.79 Å². The van der Waals surface area contributed by atoms with E-state index < -0.39 is 0 Å². The van der Waals surface area contributed by atoms with Crippen LogP contribution in [0.5, 0.6) is 5.75 Å². The van der Waals surface area contributed by atoms with Crippen LogP contribution in [0.2, 0.25) is 0 Å². The first-order valence-corrected chi connectivity index (χ1v) is 8.80. The Balaban J connectivity index is 1.61. The number of hydrogen-bond acceptors (Lipinski definition) is 4. The van der Waals surface area contributed by atoms with Crippen LogP contribution in [0.4, 0.5) is 5.69 Å². The van der Waals surface area contributed by atoms with E-state index in [0.29, 0.717) is 18.7 Å². The molecule has 0 aliphatic carbocycles. The predicted molar refractivity (Wildman–Crippen MR) is 107 cm³/mol. The number of carbonyl (C=O) groups excluding carboxylic acids is 1. The summed E-state index contributed by atoms with van der Waals surface area (Å²) >= 11 is 0. The number of amides is 1. The van der Waals surface area contributed by atoms with Crippen LogP contribution in [0.15, 0.2) is 67.0 Å². The highest BCUT2D eigenvalue weighted by molar-refractivity contribution is 5.94. The Morgan fingerprint density at radius 3 is 2.70 bits per heavy atom. The summed E-state index contributed by atoms with van der Waals surface area (Å²) in [6.45, 7) is 3.14. The van der Waals surface area contributed by atoms with Gasteiger partial charge < -0.3 is 15.4 Å². The fourth-order valence-electron chi connectivity index (χ4n) is 2.81. The number of benzene rings is 2. The summed E-state index contributed by atoms with van der Waals surface area (Å²) in [5.41, 5.74) is 4.65. The molecule has 1 heterocycles. The lowest BCUT2D eigenvalue weighted by Crippen LogP contribution is -2.23. The second-order valence-electron chi connectivity index (χ2n) is 6.30. The van der Waals surface area contributed by atoms with Crippen molar-refractivity contribution < 1.29 is 9.53 Å². The lowest BCUT2D eigenvalue weighted by atomic mass is 10.1. The van der Waals surface area contributed by atoms with Gasteiger partial charge in [0, 0.05) is 31.0 Å². The molecule has 27 heavy (non-hydrogen) atoms. The van der Waals surface area contributed by atoms with Gasteiger partial charge >= 0.3 is 0 Å².